The highest BCUT2D eigenvalue weighted by Gasteiger charge is 2.68. The molecule has 5 rings (SSSR count). The highest BCUT2D eigenvalue weighted by molar-refractivity contribution is 5.58. The Morgan fingerprint density at radius 3 is 2.55 bits per heavy atom. The Bertz CT molecular complexity index is 818. The Balaban J connectivity index is 1.70. The van der Waals surface area contributed by atoms with E-state index in [0.29, 0.717) is 25.0 Å². The predicted molar refractivity (Wildman–Crippen MR) is 108 cm³/mol. The maximum Gasteiger partial charge on any atom is 0.170 e. The first kappa shape index (κ1) is 19.6. The largest absolute Gasteiger partial charge is 0.504 e. The lowest BCUT2D eigenvalue weighted by Crippen LogP contribution is -2.75. The fourth-order valence-electron chi connectivity index (χ4n) is 6.97. The number of nitrogens with zero attached hydrogens (tertiary/aromatic N) is 1. The van der Waals surface area contributed by atoms with Crippen molar-refractivity contribution >= 4 is 0 Å². The van der Waals surface area contributed by atoms with Crippen LogP contribution in [0.25, 0.3) is 0 Å². The smallest absolute Gasteiger partial charge is 0.170 e. The quantitative estimate of drug-likeness (QED) is 0.751. The number of hydrogen-bond acceptors (Lipinski definition) is 6. The van der Waals surface area contributed by atoms with Crippen LogP contribution in [0.5, 0.6) is 11.5 Å². The molecule has 6 nitrogen and oxygen atoms in total. The molecule has 2 aliphatic heterocycles. The number of aromatic hydroxyl groups is 1. The van der Waals surface area contributed by atoms with Gasteiger partial charge in [0.25, 0.3) is 0 Å². The third-order valence-corrected chi connectivity index (χ3v) is 8.10. The molecule has 4 aliphatic rings. The Hall–Kier alpha value is -1.34. The molecule has 1 aromatic rings. The first-order chi connectivity index (χ1) is 13.7. The molecule has 29 heavy (non-hydrogen) atoms. The van der Waals surface area contributed by atoms with Gasteiger partial charge in [-0.3, -0.25) is 0 Å². The average Bonchev–Trinajstić information content (AvgIpc) is 2.65. The monoisotopic (exact) mass is 403 g/mol. The Morgan fingerprint density at radius 2 is 1.86 bits per heavy atom. The Kier molecular flexibility index (Phi) is 4.28. The molecule has 2 saturated heterocycles. The molecule has 2 aliphatic carbocycles. The van der Waals surface area contributed by atoms with Gasteiger partial charge >= 0.3 is 0 Å². The van der Waals surface area contributed by atoms with Gasteiger partial charge in [-0.1, -0.05) is 6.07 Å². The number of fused-ring (bicyclic) bond motifs is 1. The van der Waals surface area contributed by atoms with Crippen LogP contribution >= 0.6 is 0 Å². The molecule has 2 bridgehead atoms. The topological polar surface area (TPSA) is 71.4 Å². The number of methoxy groups -OCH3 is 1. The summed E-state index contributed by atoms with van der Waals surface area (Å²) < 4.78 is 18.3. The van der Waals surface area contributed by atoms with Crippen molar-refractivity contribution < 1.29 is 24.4 Å². The number of phenols is 1. The van der Waals surface area contributed by atoms with Gasteiger partial charge in [-0.2, -0.15) is 0 Å². The summed E-state index contributed by atoms with van der Waals surface area (Å²) in [6.45, 7) is 5.07. The molecule has 3 fully saturated rings. The minimum Gasteiger partial charge on any atom is -0.504 e. The normalized spacial score (nSPS) is 44.2. The summed E-state index contributed by atoms with van der Waals surface area (Å²) in [5, 5.41) is 23.4. The van der Waals surface area contributed by atoms with Crippen molar-refractivity contribution in [1.82, 2.24) is 4.90 Å². The maximum absolute atomic E-state index is 12.2. The van der Waals surface area contributed by atoms with Gasteiger partial charge in [0.05, 0.1) is 24.9 Å². The van der Waals surface area contributed by atoms with Gasteiger partial charge in [0.15, 0.2) is 17.3 Å². The zero-order valence-corrected chi connectivity index (χ0v) is 17.9. The van der Waals surface area contributed by atoms with E-state index in [2.05, 4.69) is 31.9 Å². The van der Waals surface area contributed by atoms with Crippen LogP contribution in [0.15, 0.2) is 12.1 Å². The summed E-state index contributed by atoms with van der Waals surface area (Å²) >= 11 is 0. The number of hydrogen-bond donors (Lipinski definition) is 2. The molecule has 6 heteroatoms. The molecular formula is C23H33NO5. The molecule has 3 unspecified atom stereocenters. The van der Waals surface area contributed by atoms with Crippen LogP contribution in [0.3, 0.4) is 0 Å². The first-order valence-corrected chi connectivity index (χ1v) is 10.9. The fraction of sp³-hybridized carbons (Fsp3) is 0.739. The molecule has 0 amide bonds. The SMILES string of the molecule is COc1ccc2c(c1O)[C@]13CCN(C)[C@H](C2)C1(O)CCC1(C3)OC(C)CC(C)O1. The summed E-state index contributed by atoms with van der Waals surface area (Å²) in [6, 6.07) is 3.91. The van der Waals surface area contributed by atoms with E-state index in [9.17, 15) is 10.2 Å². The van der Waals surface area contributed by atoms with Crippen molar-refractivity contribution in [2.24, 2.45) is 0 Å². The molecule has 5 atom stereocenters. The molecule has 1 aromatic carbocycles. The van der Waals surface area contributed by atoms with Crippen molar-refractivity contribution in [1.29, 1.82) is 0 Å². The van der Waals surface area contributed by atoms with Gasteiger partial charge in [0.1, 0.15) is 0 Å². The summed E-state index contributed by atoms with van der Waals surface area (Å²) in [5.41, 5.74) is 0.392. The van der Waals surface area contributed by atoms with Crippen molar-refractivity contribution in [3.8, 4) is 11.5 Å². The van der Waals surface area contributed by atoms with E-state index >= 15 is 0 Å². The third-order valence-electron chi connectivity index (χ3n) is 8.10. The van der Waals surface area contributed by atoms with Crippen molar-refractivity contribution in [2.75, 3.05) is 20.7 Å². The van der Waals surface area contributed by atoms with Crippen LogP contribution in [0.2, 0.25) is 0 Å². The molecule has 160 valence electrons. The lowest BCUT2D eigenvalue weighted by molar-refractivity contribution is -0.350. The standard InChI is InChI=1S/C23H33NO5/c1-14-11-15(2)29-22(28-14)7-8-23(26)18-12-16-5-6-17(27-4)20(25)19(16)21(23,13-22)9-10-24(18)3/h5-6,14-15,18,25-26H,7-13H2,1-4H3/t14?,15?,18-,21-,22?,23?/m1/s1. The van der Waals surface area contributed by atoms with Gasteiger partial charge in [0.2, 0.25) is 0 Å². The minimum absolute atomic E-state index is 0.0207. The lowest BCUT2D eigenvalue weighted by atomic mass is 9.48. The van der Waals surface area contributed by atoms with Gasteiger partial charge < -0.3 is 29.3 Å². The number of phenolic OH excluding ortho intramolecular Hbond substituents is 1. The van der Waals surface area contributed by atoms with Crippen LogP contribution in [-0.4, -0.2) is 65.5 Å². The van der Waals surface area contributed by atoms with Crippen LogP contribution in [-0.2, 0) is 21.3 Å². The summed E-state index contributed by atoms with van der Waals surface area (Å²) in [4.78, 5) is 2.29. The van der Waals surface area contributed by atoms with E-state index < -0.39 is 16.8 Å². The molecule has 1 saturated carbocycles. The minimum atomic E-state index is -0.932. The average molecular weight is 404 g/mol. The number of likely N-dealkylation sites (tertiary alicyclic amines) is 1. The second-order valence-corrected chi connectivity index (χ2v) is 9.79. The molecule has 2 heterocycles. The van der Waals surface area contributed by atoms with Crippen molar-refractivity contribution in [3.05, 3.63) is 23.3 Å². The van der Waals surface area contributed by atoms with Crippen LogP contribution in [0.4, 0.5) is 0 Å². The van der Waals surface area contributed by atoms with E-state index in [0.717, 1.165) is 36.9 Å². The van der Waals surface area contributed by atoms with Crippen LogP contribution in [0, 0.1) is 0 Å². The predicted octanol–water partition coefficient (Wildman–Crippen LogP) is 2.72. The zero-order chi connectivity index (χ0) is 20.6. The van der Waals surface area contributed by atoms with E-state index in [1.165, 1.54) is 0 Å². The van der Waals surface area contributed by atoms with E-state index in [1.807, 2.05) is 6.07 Å². The highest BCUT2D eigenvalue weighted by atomic mass is 16.7. The molecule has 1 spiro atoms. The van der Waals surface area contributed by atoms with Crippen molar-refractivity contribution in [2.45, 2.75) is 87.4 Å². The van der Waals surface area contributed by atoms with Crippen molar-refractivity contribution in [3.63, 3.8) is 0 Å². The number of ether oxygens (including phenoxy) is 3. The fourth-order valence-corrected chi connectivity index (χ4v) is 6.97. The Morgan fingerprint density at radius 1 is 1.14 bits per heavy atom. The zero-order valence-electron chi connectivity index (χ0n) is 17.9. The van der Waals surface area contributed by atoms with Gasteiger partial charge in [0, 0.05) is 29.9 Å². The number of benzene rings is 1. The summed E-state index contributed by atoms with van der Waals surface area (Å²) in [7, 11) is 3.67. The third kappa shape index (κ3) is 2.55. The molecule has 2 N–H and O–H groups in total. The Labute approximate surface area is 172 Å². The maximum atomic E-state index is 12.2. The van der Waals surface area contributed by atoms with Gasteiger partial charge in [-0.05, 0) is 64.8 Å². The van der Waals surface area contributed by atoms with E-state index in [4.69, 9.17) is 14.2 Å². The first-order valence-electron chi connectivity index (χ1n) is 10.9. The molecule has 0 radical (unpaired) electrons. The molecule has 0 aromatic heterocycles. The van der Waals surface area contributed by atoms with Gasteiger partial charge in [-0.15, -0.1) is 0 Å². The lowest BCUT2D eigenvalue weighted by Gasteiger charge is -2.66. The van der Waals surface area contributed by atoms with Crippen LogP contribution < -0.4 is 4.74 Å². The van der Waals surface area contributed by atoms with E-state index in [1.54, 1.807) is 7.11 Å². The summed E-state index contributed by atoms with van der Waals surface area (Å²) in [6.07, 6.45) is 4.41. The number of likely N-dealkylation sites (N-methyl/N-ethyl adjacent to an activating group) is 1. The second kappa shape index (κ2) is 6.33. The van der Waals surface area contributed by atoms with E-state index in [-0.39, 0.29) is 24.0 Å². The summed E-state index contributed by atoms with van der Waals surface area (Å²) in [5.74, 6) is -0.0847. The number of aliphatic hydroxyl groups is 1. The van der Waals surface area contributed by atoms with Crippen LogP contribution in [0.1, 0.15) is 57.1 Å². The molecular weight excluding hydrogens is 370 g/mol. The number of rotatable bonds is 1. The highest BCUT2D eigenvalue weighted by Crippen LogP contribution is 2.63. The van der Waals surface area contributed by atoms with Gasteiger partial charge in [-0.25, -0.2) is 0 Å². The second-order valence-electron chi connectivity index (χ2n) is 9.79. The number of piperidine rings is 1.